The van der Waals surface area contributed by atoms with E-state index >= 15 is 0 Å². The lowest BCUT2D eigenvalue weighted by molar-refractivity contribution is 0.410. The summed E-state index contributed by atoms with van der Waals surface area (Å²) in [5.41, 5.74) is 1.09. The summed E-state index contributed by atoms with van der Waals surface area (Å²) in [6.45, 7) is 7.41. The first-order chi connectivity index (χ1) is 8.39. The number of hydrogen-bond acceptors (Lipinski definition) is 3. The maximum Gasteiger partial charge on any atom is 0.243 e. The van der Waals surface area contributed by atoms with Gasteiger partial charge in [0, 0.05) is 19.6 Å². The number of nitrogens with zero attached hydrogens (tertiary/aromatic N) is 1. The van der Waals surface area contributed by atoms with E-state index in [0.717, 1.165) is 18.7 Å². The third-order valence-corrected chi connectivity index (χ3v) is 4.95. The lowest BCUT2D eigenvalue weighted by Crippen LogP contribution is -2.33. The average molecular weight is 270 g/mol. The normalized spacial score (nSPS) is 12.3. The molecule has 0 fully saturated rings. The third-order valence-electron chi connectivity index (χ3n) is 2.91. The SMILES string of the molecule is CCNCc1ccc(S(=O)(=O)N(C)C(C)C)cc1. The van der Waals surface area contributed by atoms with E-state index in [4.69, 9.17) is 0 Å². The van der Waals surface area contributed by atoms with Gasteiger partial charge in [-0.15, -0.1) is 0 Å². The van der Waals surface area contributed by atoms with Gasteiger partial charge in [-0.05, 0) is 38.1 Å². The van der Waals surface area contributed by atoms with Crippen LogP contribution in [-0.2, 0) is 16.6 Å². The summed E-state index contributed by atoms with van der Waals surface area (Å²) in [6, 6.07) is 6.99. The van der Waals surface area contributed by atoms with Crippen LogP contribution in [0.3, 0.4) is 0 Å². The molecule has 0 heterocycles. The fourth-order valence-corrected chi connectivity index (χ4v) is 2.86. The van der Waals surface area contributed by atoms with Crippen molar-refractivity contribution in [3.8, 4) is 0 Å². The van der Waals surface area contributed by atoms with Crippen LogP contribution in [0.15, 0.2) is 29.2 Å². The van der Waals surface area contributed by atoms with Crippen LogP contribution in [0.5, 0.6) is 0 Å². The summed E-state index contributed by atoms with van der Waals surface area (Å²) >= 11 is 0. The van der Waals surface area contributed by atoms with Gasteiger partial charge in [0.1, 0.15) is 0 Å². The molecular weight excluding hydrogens is 248 g/mol. The summed E-state index contributed by atoms with van der Waals surface area (Å²) in [4.78, 5) is 0.346. The van der Waals surface area contributed by atoms with Gasteiger partial charge in [-0.1, -0.05) is 19.1 Å². The van der Waals surface area contributed by atoms with Crippen molar-refractivity contribution < 1.29 is 8.42 Å². The van der Waals surface area contributed by atoms with Gasteiger partial charge in [0.15, 0.2) is 0 Å². The summed E-state index contributed by atoms with van der Waals surface area (Å²) in [5, 5.41) is 3.20. The highest BCUT2D eigenvalue weighted by molar-refractivity contribution is 7.89. The van der Waals surface area contributed by atoms with Crippen LogP contribution in [0.1, 0.15) is 26.3 Å². The van der Waals surface area contributed by atoms with Crippen molar-refractivity contribution in [2.45, 2.75) is 38.3 Å². The molecule has 5 heteroatoms. The molecule has 1 aromatic rings. The molecule has 1 aromatic carbocycles. The molecule has 4 nitrogen and oxygen atoms in total. The highest BCUT2D eigenvalue weighted by Gasteiger charge is 2.22. The molecule has 0 spiro atoms. The molecule has 0 atom stereocenters. The molecular formula is C13H22N2O2S. The Morgan fingerprint density at radius 1 is 1.22 bits per heavy atom. The summed E-state index contributed by atoms with van der Waals surface area (Å²) in [6.07, 6.45) is 0. The van der Waals surface area contributed by atoms with E-state index in [-0.39, 0.29) is 6.04 Å². The summed E-state index contributed by atoms with van der Waals surface area (Å²) in [7, 11) is -1.76. The zero-order valence-corrected chi connectivity index (χ0v) is 12.3. The van der Waals surface area contributed by atoms with E-state index in [1.807, 2.05) is 32.9 Å². The Hall–Kier alpha value is -0.910. The highest BCUT2D eigenvalue weighted by atomic mass is 32.2. The minimum Gasteiger partial charge on any atom is -0.313 e. The number of nitrogens with one attached hydrogen (secondary N) is 1. The Bertz CT molecular complexity index is 466. The maximum atomic E-state index is 12.2. The largest absolute Gasteiger partial charge is 0.313 e. The van der Waals surface area contributed by atoms with Crippen LogP contribution in [-0.4, -0.2) is 32.4 Å². The van der Waals surface area contributed by atoms with E-state index in [0.29, 0.717) is 4.90 Å². The number of rotatable bonds is 6. The molecule has 1 N–H and O–H groups in total. The van der Waals surface area contributed by atoms with Gasteiger partial charge in [0.2, 0.25) is 10.0 Å². The molecule has 0 aromatic heterocycles. The van der Waals surface area contributed by atoms with Crippen molar-refractivity contribution in [2.24, 2.45) is 0 Å². The van der Waals surface area contributed by atoms with E-state index in [1.54, 1.807) is 19.2 Å². The molecule has 0 unspecified atom stereocenters. The molecule has 18 heavy (non-hydrogen) atoms. The zero-order valence-electron chi connectivity index (χ0n) is 11.5. The zero-order chi connectivity index (χ0) is 13.8. The molecule has 0 aliphatic carbocycles. The van der Waals surface area contributed by atoms with Crippen LogP contribution in [0.25, 0.3) is 0 Å². The second-order valence-corrected chi connectivity index (χ2v) is 6.54. The van der Waals surface area contributed by atoms with Crippen molar-refractivity contribution in [2.75, 3.05) is 13.6 Å². The minimum atomic E-state index is -3.36. The first-order valence-electron chi connectivity index (χ1n) is 6.17. The van der Waals surface area contributed by atoms with Crippen molar-refractivity contribution in [3.05, 3.63) is 29.8 Å². The Kier molecular flexibility index (Phi) is 5.31. The lowest BCUT2D eigenvalue weighted by Gasteiger charge is -2.21. The molecule has 0 radical (unpaired) electrons. The summed E-state index contributed by atoms with van der Waals surface area (Å²) < 4.78 is 25.8. The molecule has 0 aliphatic heterocycles. The topological polar surface area (TPSA) is 49.4 Å². The molecule has 0 saturated carbocycles. The predicted molar refractivity (Wildman–Crippen MR) is 73.9 cm³/mol. The highest BCUT2D eigenvalue weighted by Crippen LogP contribution is 2.17. The molecule has 1 rings (SSSR count). The van der Waals surface area contributed by atoms with Crippen molar-refractivity contribution in [1.29, 1.82) is 0 Å². The molecule has 0 bridgehead atoms. The average Bonchev–Trinajstić information content (AvgIpc) is 2.35. The monoisotopic (exact) mass is 270 g/mol. The fourth-order valence-electron chi connectivity index (χ4n) is 1.49. The Labute approximate surface area is 110 Å². The van der Waals surface area contributed by atoms with Crippen LogP contribution in [0.2, 0.25) is 0 Å². The van der Waals surface area contributed by atoms with Crippen molar-refractivity contribution in [1.82, 2.24) is 9.62 Å². The first kappa shape index (κ1) is 15.1. The van der Waals surface area contributed by atoms with E-state index < -0.39 is 10.0 Å². The Morgan fingerprint density at radius 2 is 1.78 bits per heavy atom. The first-order valence-corrected chi connectivity index (χ1v) is 7.61. The Balaban J connectivity index is 2.91. The van der Waals surface area contributed by atoms with Gasteiger partial charge in [-0.3, -0.25) is 0 Å². The fraction of sp³-hybridized carbons (Fsp3) is 0.538. The van der Waals surface area contributed by atoms with Crippen molar-refractivity contribution in [3.63, 3.8) is 0 Å². The number of sulfonamides is 1. The Morgan fingerprint density at radius 3 is 2.22 bits per heavy atom. The van der Waals surface area contributed by atoms with E-state index in [9.17, 15) is 8.42 Å². The standard InChI is InChI=1S/C13H22N2O2S/c1-5-14-10-12-6-8-13(9-7-12)18(16,17)15(4)11(2)3/h6-9,11,14H,5,10H2,1-4H3. The smallest absolute Gasteiger partial charge is 0.243 e. The van der Waals surface area contributed by atoms with Crippen LogP contribution < -0.4 is 5.32 Å². The second kappa shape index (κ2) is 6.31. The minimum absolute atomic E-state index is 0.0450. The molecule has 102 valence electrons. The number of benzene rings is 1. The van der Waals surface area contributed by atoms with Gasteiger partial charge in [0.05, 0.1) is 4.90 Å². The van der Waals surface area contributed by atoms with Gasteiger partial charge in [0.25, 0.3) is 0 Å². The second-order valence-electron chi connectivity index (χ2n) is 4.54. The van der Waals surface area contributed by atoms with E-state index in [2.05, 4.69) is 5.32 Å². The van der Waals surface area contributed by atoms with Gasteiger partial charge < -0.3 is 5.32 Å². The predicted octanol–water partition coefficient (Wildman–Crippen LogP) is 1.82. The van der Waals surface area contributed by atoms with Crippen LogP contribution in [0, 0.1) is 0 Å². The van der Waals surface area contributed by atoms with Crippen LogP contribution >= 0.6 is 0 Å². The third kappa shape index (κ3) is 3.54. The molecule has 0 saturated heterocycles. The quantitative estimate of drug-likeness (QED) is 0.858. The lowest BCUT2D eigenvalue weighted by atomic mass is 10.2. The van der Waals surface area contributed by atoms with Crippen molar-refractivity contribution >= 4 is 10.0 Å². The molecule has 0 amide bonds. The van der Waals surface area contributed by atoms with Gasteiger partial charge >= 0.3 is 0 Å². The van der Waals surface area contributed by atoms with Gasteiger partial charge in [-0.2, -0.15) is 4.31 Å². The van der Waals surface area contributed by atoms with Crippen LogP contribution in [0.4, 0.5) is 0 Å². The maximum absolute atomic E-state index is 12.2. The summed E-state index contributed by atoms with van der Waals surface area (Å²) in [5.74, 6) is 0. The van der Waals surface area contributed by atoms with Gasteiger partial charge in [-0.25, -0.2) is 8.42 Å². The number of hydrogen-bond donors (Lipinski definition) is 1. The molecule has 0 aliphatic rings. The van der Waals surface area contributed by atoms with E-state index in [1.165, 1.54) is 4.31 Å².